The molecule has 1 aromatic heterocycles. The van der Waals surface area contributed by atoms with Gasteiger partial charge in [0.1, 0.15) is 10.5 Å². The summed E-state index contributed by atoms with van der Waals surface area (Å²) in [6, 6.07) is 4.53. The first-order valence-corrected chi connectivity index (χ1v) is 3.65. The maximum absolute atomic E-state index is 10.3. The van der Waals surface area contributed by atoms with Crippen LogP contribution >= 0.6 is 15.9 Å². The van der Waals surface area contributed by atoms with Crippen LogP contribution in [0, 0.1) is 21.4 Å². The topological polar surface area (TPSA) is 79.8 Å². The third kappa shape index (κ3) is 1.57. The first-order chi connectivity index (χ1) is 5.65. The zero-order chi connectivity index (χ0) is 9.14. The standard InChI is InChI=1S/C6H2BrN3O2/c7-5-2-1-4(3-8)9-6(5)10(11)12/h1-2H. The van der Waals surface area contributed by atoms with Crippen molar-refractivity contribution in [1.82, 2.24) is 4.98 Å². The summed E-state index contributed by atoms with van der Waals surface area (Å²) in [5.74, 6) is -0.339. The SMILES string of the molecule is N#Cc1ccc(Br)c([N+](=O)[O-])n1. The van der Waals surface area contributed by atoms with Crippen LogP contribution in [0.1, 0.15) is 5.69 Å². The van der Waals surface area contributed by atoms with Crippen LogP contribution in [0.4, 0.5) is 5.82 Å². The number of rotatable bonds is 1. The van der Waals surface area contributed by atoms with Gasteiger partial charge in [-0.25, -0.2) is 0 Å². The van der Waals surface area contributed by atoms with E-state index < -0.39 is 4.92 Å². The molecule has 0 fully saturated rings. The summed E-state index contributed by atoms with van der Waals surface area (Å²) in [5.41, 5.74) is 0.0323. The molecule has 5 nitrogen and oxygen atoms in total. The molecule has 0 unspecified atom stereocenters. The van der Waals surface area contributed by atoms with Crippen LogP contribution in [0.5, 0.6) is 0 Å². The number of nitrogens with zero attached hydrogens (tertiary/aromatic N) is 3. The minimum atomic E-state index is -0.648. The van der Waals surface area contributed by atoms with E-state index in [1.165, 1.54) is 12.1 Å². The van der Waals surface area contributed by atoms with Crippen molar-refractivity contribution in [3.63, 3.8) is 0 Å². The highest BCUT2D eigenvalue weighted by Gasteiger charge is 2.14. The zero-order valence-electron chi connectivity index (χ0n) is 5.69. The summed E-state index contributed by atoms with van der Waals surface area (Å²) in [7, 11) is 0. The third-order valence-electron chi connectivity index (χ3n) is 1.11. The molecule has 1 rings (SSSR count). The van der Waals surface area contributed by atoms with Crippen molar-refractivity contribution in [2.24, 2.45) is 0 Å². The molecule has 0 N–H and O–H groups in total. The van der Waals surface area contributed by atoms with E-state index in [1.54, 1.807) is 6.07 Å². The maximum Gasteiger partial charge on any atom is 0.379 e. The Bertz CT molecular complexity index is 372. The van der Waals surface area contributed by atoms with Gasteiger partial charge in [0.2, 0.25) is 0 Å². The Hall–Kier alpha value is -1.48. The van der Waals surface area contributed by atoms with Crippen molar-refractivity contribution in [1.29, 1.82) is 5.26 Å². The van der Waals surface area contributed by atoms with Gasteiger partial charge in [-0.3, -0.25) is 0 Å². The van der Waals surface area contributed by atoms with E-state index in [0.29, 0.717) is 0 Å². The Balaban J connectivity index is 3.28. The van der Waals surface area contributed by atoms with E-state index in [-0.39, 0.29) is 16.0 Å². The Morgan fingerprint density at radius 1 is 1.67 bits per heavy atom. The van der Waals surface area contributed by atoms with E-state index in [4.69, 9.17) is 5.26 Å². The van der Waals surface area contributed by atoms with Gasteiger partial charge in [-0.15, -0.1) is 0 Å². The first kappa shape index (κ1) is 8.62. The quantitative estimate of drug-likeness (QED) is 0.540. The molecule has 60 valence electrons. The van der Waals surface area contributed by atoms with Crippen LogP contribution in [0.2, 0.25) is 0 Å². The third-order valence-corrected chi connectivity index (χ3v) is 1.73. The highest BCUT2D eigenvalue weighted by molar-refractivity contribution is 9.10. The Morgan fingerprint density at radius 3 is 2.83 bits per heavy atom. The van der Waals surface area contributed by atoms with E-state index in [9.17, 15) is 10.1 Å². The Labute approximate surface area is 75.9 Å². The molecular formula is C6H2BrN3O2. The predicted molar refractivity (Wildman–Crippen MR) is 43.3 cm³/mol. The van der Waals surface area contributed by atoms with Crippen LogP contribution in [-0.2, 0) is 0 Å². The number of hydrogen-bond acceptors (Lipinski definition) is 4. The largest absolute Gasteiger partial charge is 0.379 e. The summed E-state index contributed by atoms with van der Waals surface area (Å²) in [5, 5.41) is 18.7. The van der Waals surface area contributed by atoms with Crippen molar-refractivity contribution < 1.29 is 4.92 Å². The van der Waals surface area contributed by atoms with Gasteiger partial charge < -0.3 is 10.1 Å². The molecule has 0 saturated carbocycles. The summed E-state index contributed by atoms with van der Waals surface area (Å²) >= 11 is 2.95. The lowest BCUT2D eigenvalue weighted by molar-refractivity contribution is -0.390. The highest BCUT2D eigenvalue weighted by atomic mass is 79.9. The molecule has 1 heterocycles. The first-order valence-electron chi connectivity index (χ1n) is 2.86. The number of halogens is 1. The van der Waals surface area contributed by atoms with Crippen molar-refractivity contribution in [2.45, 2.75) is 0 Å². The van der Waals surface area contributed by atoms with Crippen LogP contribution in [0.3, 0.4) is 0 Å². The molecule has 0 spiro atoms. The number of pyridine rings is 1. The second-order valence-electron chi connectivity index (χ2n) is 1.87. The minimum Gasteiger partial charge on any atom is -0.358 e. The van der Waals surface area contributed by atoms with E-state index in [0.717, 1.165) is 0 Å². The van der Waals surface area contributed by atoms with Gasteiger partial charge in [-0.2, -0.15) is 5.26 Å². The van der Waals surface area contributed by atoms with Gasteiger partial charge in [0.05, 0.1) is 0 Å². The maximum atomic E-state index is 10.3. The Morgan fingerprint density at radius 2 is 2.33 bits per heavy atom. The van der Waals surface area contributed by atoms with E-state index >= 15 is 0 Å². The zero-order valence-corrected chi connectivity index (χ0v) is 7.28. The van der Waals surface area contributed by atoms with Crippen LogP contribution in [0.15, 0.2) is 16.6 Å². The van der Waals surface area contributed by atoms with Crippen molar-refractivity contribution >= 4 is 21.7 Å². The van der Waals surface area contributed by atoms with Crippen molar-refractivity contribution in [2.75, 3.05) is 0 Å². The van der Waals surface area contributed by atoms with Crippen molar-refractivity contribution in [3.8, 4) is 6.07 Å². The molecule has 0 atom stereocenters. The molecule has 0 bridgehead atoms. The normalized spacial score (nSPS) is 9.00. The molecular weight excluding hydrogens is 226 g/mol. The molecule has 0 amide bonds. The summed E-state index contributed by atoms with van der Waals surface area (Å²) in [4.78, 5) is 13.1. The van der Waals surface area contributed by atoms with Crippen LogP contribution in [-0.4, -0.2) is 9.91 Å². The fraction of sp³-hybridized carbons (Fsp3) is 0. The average molecular weight is 228 g/mol. The smallest absolute Gasteiger partial charge is 0.358 e. The lowest BCUT2D eigenvalue weighted by atomic mass is 10.4. The monoisotopic (exact) mass is 227 g/mol. The molecule has 6 heteroatoms. The fourth-order valence-corrected chi connectivity index (χ4v) is 0.987. The number of hydrogen-bond donors (Lipinski definition) is 0. The fourth-order valence-electron chi connectivity index (χ4n) is 0.622. The minimum absolute atomic E-state index is 0.0323. The molecule has 0 aromatic carbocycles. The van der Waals surface area contributed by atoms with Gasteiger partial charge in [0, 0.05) is 6.07 Å². The van der Waals surface area contributed by atoms with Crippen LogP contribution < -0.4 is 0 Å². The second kappa shape index (κ2) is 3.28. The van der Waals surface area contributed by atoms with Crippen molar-refractivity contribution in [3.05, 3.63) is 32.4 Å². The lowest BCUT2D eigenvalue weighted by Gasteiger charge is -1.93. The molecule has 0 radical (unpaired) electrons. The highest BCUT2D eigenvalue weighted by Crippen LogP contribution is 2.21. The van der Waals surface area contributed by atoms with Gasteiger partial charge >= 0.3 is 5.82 Å². The van der Waals surface area contributed by atoms with E-state index in [1.807, 2.05) is 0 Å². The summed E-state index contributed by atoms with van der Waals surface area (Å²) in [6.07, 6.45) is 0. The molecule has 12 heavy (non-hydrogen) atoms. The van der Waals surface area contributed by atoms with E-state index in [2.05, 4.69) is 20.9 Å². The molecule has 0 aliphatic heterocycles. The van der Waals surface area contributed by atoms with Gasteiger partial charge in [0.25, 0.3) is 5.69 Å². The number of nitriles is 1. The molecule has 0 aliphatic carbocycles. The number of aromatic nitrogens is 1. The summed E-state index contributed by atoms with van der Waals surface area (Å²) < 4.78 is 0.270. The average Bonchev–Trinajstić information content (AvgIpc) is 2.05. The van der Waals surface area contributed by atoms with Gasteiger partial charge in [-0.1, -0.05) is 0 Å². The molecule has 0 aliphatic rings. The van der Waals surface area contributed by atoms with Crippen LogP contribution in [0.25, 0.3) is 0 Å². The van der Waals surface area contributed by atoms with Gasteiger partial charge in [-0.05, 0) is 31.9 Å². The predicted octanol–water partition coefficient (Wildman–Crippen LogP) is 1.62. The lowest BCUT2D eigenvalue weighted by Crippen LogP contribution is -1.94. The second-order valence-corrected chi connectivity index (χ2v) is 2.73. The Kier molecular flexibility index (Phi) is 2.35. The van der Waals surface area contributed by atoms with Gasteiger partial charge in [0.15, 0.2) is 0 Å². The molecule has 0 saturated heterocycles. The molecule has 1 aromatic rings. The number of nitro groups is 1. The summed E-state index contributed by atoms with van der Waals surface area (Å²) in [6.45, 7) is 0.